The zero-order valence-electron chi connectivity index (χ0n) is 18.2. The van der Waals surface area contributed by atoms with Gasteiger partial charge in [0.15, 0.2) is 5.82 Å². The largest absolute Gasteiger partial charge is 0.396 e. The summed E-state index contributed by atoms with van der Waals surface area (Å²) in [5.41, 5.74) is 14.4. The molecule has 2 amide bonds. The number of hydrogen-bond donors (Lipinski definition) is 3. The maximum absolute atomic E-state index is 14.9. The summed E-state index contributed by atoms with van der Waals surface area (Å²) in [6.07, 6.45) is 0. The molecule has 5 rings (SSSR count). The molecular weight excluding hydrogens is 421 g/mol. The number of nitrogens with zero attached hydrogens (tertiary/aromatic N) is 2. The van der Waals surface area contributed by atoms with Gasteiger partial charge in [-0.25, -0.2) is 4.39 Å². The summed E-state index contributed by atoms with van der Waals surface area (Å²) in [5.74, 6) is -1.16. The van der Waals surface area contributed by atoms with Gasteiger partial charge in [-0.3, -0.25) is 9.59 Å². The molecular formula is C25H24FN5O2. The second-order valence-electron chi connectivity index (χ2n) is 8.46. The average molecular weight is 445 g/mol. The van der Waals surface area contributed by atoms with Crippen molar-refractivity contribution in [3.8, 4) is 11.1 Å². The zero-order chi connectivity index (χ0) is 23.3. The minimum atomic E-state index is -0.597. The van der Waals surface area contributed by atoms with Crippen LogP contribution in [0.4, 0.5) is 10.1 Å². The molecule has 2 heterocycles. The fourth-order valence-electron chi connectivity index (χ4n) is 4.53. The molecule has 33 heavy (non-hydrogen) atoms. The third-order valence-corrected chi connectivity index (χ3v) is 6.38. The summed E-state index contributed by atoms with van der Waals surface area (Å²) >= 11 is 0. The number of piperazine rings is 1. The van der Waals surface area contributed by atoms with Crippen molar-refractivity contribution >= 4 is 39.3 Å². The van der Waals surface area contributed by atoms with Crippen molar-refractivity contribution in [2.75, 3.05) is 39.0 Å². The molecule has 7 nitrogen and oxygen atoms in total. The minimum Gasteiger partial charge on any atom is -0.396 e. The molecule has 0 aliphatic carbocycles. The van der Waals surface area contributed by atoms with E-state index < -0.39 is 11.7 Å². The van der Waals surface area contributed by atoms with Crippen LogP contribution in [-0.2, 0) is 0 Å². The number of aromatic amines is 1. The number of benzene rings is 3. The molecule has 4 aromatic rings. The lowest BCUT2D eigenvalue weighted by atomic mass is 9.96. The Morgan fingerprint density at radius 2 is 1.76 bits per heavy atom. The van der Waals surface area contributed by atoms with Crippen molar-refractivity contribution in [1.29, 1.82) is 0 Å². The van der Waals surface area contributed by atoms with Gasteiger partial charge in [0.25, 0.3) is 11.8 Å². The number of rotatable bonds is 3. The number of nitrogens with two attached hydrogens (primary N) is 2. The number of H-pyrrole nitrogens is 1. The van der Waals surface area contributed by atoms with Crippen LogP contribution in [-0.4, -0.2) is 59.8 Å². The highest BCUT2D eigenvalue weighted by Gasteiger charge is 2.23. The van der Waals surface area contributed by atoms with Gasteiger partial charge in [-0.1, -0.05) is 24.3 Å². The van der Waals surface area contributed by atoms with Crippen molar-refractivity contribution in [3.63, 3.8) is 0 Å². The topological polar surface area (TPSA) is 108 Å². The summed E-state index contributed by atoms with van der Waals surface area (Å²) in [4.78, 5) is 32.5. The van der Waals surface area contributed by atoms with E-state index in [0.717, 1.165) is 18.5 Å². The highest BCUT2D eigenvalue weighted by molar-refractivity contribution is 6.20. The number of primary amides is 1. The van der Waals surface area contributed by atoms with Gasteiger partial charge in [0.1, 0.15) is 0 Å². The molecule has 1 aliphatic heterocycles. The van der Waals surface area contributed by atoms with E-state index in [4.69, 9.17) is 11.5 Å². The monoisotopic (exact) mass is 445 g/mol. The first-order chi connectivity index (χ1) is 15.8. The Kier molecular flexibility index (Phi) is 5.02. The van der Waals surface area contributed by atoms with E-state index in [2.05, 4.69) is 9.88 Å². The summed E-state index contributed by atoms with van der Waals surface area (Å²) in [7, 11) is 2.04. The van der Waals surface area contributed by atoms with Crippen LogP contribution in [0.1, 0.15) is 20.7 Å². The first-order valence-electron chi connectivity index (χ1n) is 10.8. The van der Waals surface area contributed by atoms with E-state index in [9.17, 15) is 14.0 Å². The standard InChI is InChI=1S/C25H24FN5O2/c1-30-9-11-31(12-10-30)25(33)14-5-6-17-20(13-14)29-23-18(24(28)32)8-7-15(21(17)23)16-3-2-4-19(27)22(16)26/h2-8,13,29H,9-12,27H2,1H3,(H2,28,32). The van der Waals surface area contributed by atoms with Crippen LogP contribution in [0.3, 0.4) is 0 Å². The molecule has 1 aromatic heterocycles. The van der Waals surface area contributed by atoms with Crippen LogP contribution >= 0.6 is 0 Å². The Bertz CT molecular complexity index is 1420. The molecule has 1 aliphatic rings. The molecule has 1 fully saturated rings. The Morgan fingerprint density at radius 3 is 2.48 bits per heavy atom. The molecule has 8 heteroatoms. The van der Waals surface area contributed by atoms with E-state index in [1.807, 2.05) is 18.0 Å². The summed E-state index contributed by atoms with van der Waals surface area (Å²) in [6, 6.07) is 13.5. The van der Waals surface area contributed by atoms with Crippen molar-refractivity contribution in [2.45, 2.75) is 0 Å². The lowest BCUT2D eigenvalue weighted by molar-refractivity contribution is 0.0664. The number of anilines is 1. The normalized spacial score (nSPS) is 14.8. The molecule has 0 atom stereocenters. The van der Waals surface area contributed by atoms with Gasteiger partial charge in [-0.2, -0.15) is 0 Å². The van der Waals surface area contributed by atoms with E-state index in [-0.39, 0.29) is 11.6 Å². The predicted molar refractivity (Wildman–Crippen MR) is 128 cm³/mol. The van der Waals surface area contributed by atoms with Gasteiger partial charge >= 0.3 is 0 Å². The number of hydrogen-bond acceptors (Lipinski definition) is 4. The predicted octanol–water partition coefficient (Wildman–Crippen LogP) is 3.20. The van der Waals surface area contributed by atoms with Crippen molar-refractivity contribution in [3.05, 3.63) is 65.5 Å². The number of aromatic nitrogens is 1. The molecule has 0 radical (unpaired) electrons. The van der Waals surface area contributed by atoms with Crippen molar-refractivity contribution < 1.29 is 14.0 Å². The number of likely N-dealkylation sites (N-methyl/N-ethyl adjacent to an activating group) is 1. The third-order valence-electron chi connectivity index (χ3n) is 6.38. The minimum absolute atomic E-state index is 0.0409. The van der Waals surface area contributed by atoms with Gasteiger partial charge in [0.05, 0.1) is 16.8 Å². The van der Waals surface area contributed by atoms with E-state index in [1.54, 1.807) is 36.4 Å². The van der Waals surface area contributed by atoms with Crippen LogP contribution in [0.15, 0.2) is 48.5 Å². The maximum atomic E-state index is 14.9. The molecule has 0 saturated carbocycles. The van der Waals surface area contributed by atoms with Crippen LogP contribution in [0, 0.1) is 5.82 Å². The van der Waals surface area contributed by atoms with Crippen LogP contribution in [0.2, 0.25) is 0 Å². The van der Waals surface area contributed by atoms with Gasteiger partial charge < -0.3 is 26.3 Å². The molecule has 0 spiro atoms. The lowest BCUT2D eigenvalue weighted by Crippen LogP contribution is -2.47. The molecule has 1 saturated heterocycles. The number of nitrogens with one attached hydrogen (secondary N) is 1. The Morgan fingerprint density at radius 1 is 1.00 bits per heavy atom. The smallest absolute Gasteiger partial charge is 0.254 e. The summed E-state index contributed by atoms with van der Waals surface area (Å²) < 4.78 is 14.9. The third kappa shape index (κ3) is 3.48. The number of amides is 2. The van der Waals surface area contributed by atoms with E-state index in [0.29, 0.717) is 51.8 Å². The Labute approximate surface area is 189 Å². The molecule has 3 aromatic carbocycles. The molecule has 5 N–H and O–H groups in total. The second-order valence-corrected chi connectivity index (χ2v) is 8.46. The summed E-state index contributed by atoms with van der Waals surface area (Å²) in [6.45, 7) is 3.00. The van der Waals surface area contributed by atoms with E-state index >= 15 is 0 Å². The highest BCUT2D eigenvalue weighted by Crippen LogP contribution is 2.38. The maximum Gasteiger partial charge on any atom is 0.254 e. The van der Waals surface area contributed by atoms with Crippen molar-refractivity contribution in [1.82, 2.24) is 14.8 Å². The number of fused-ring (bicyclic) bond motifs is 3. The fraction of sp³-hybridized carbons (Fsp3) is 0.200. The SMILES string of the molecule is CN1CCN(C(=O)c2ccc3c(c2)[nH]c2c(C(N)=O)ccc(-c4cccc(N)c4F)c23)CC1. The van der Waals surface area contributed by atoms with Gasteiger partial charge in [-0.05, 0) is 36.9 Å². The number of halogens is 1. The lowest BCUT2D eigenvalue weighted by Gasteiger charge is -2.32. The van der Waals surface area contributed by atoms with Crippen LogP contribution < -0.4 is 11.5 Å². The van der Waals surface area contributed by atoms with Gasteiger partial charge in [0.2, 0.25) is 0 Å². The van der Waals surface area contributed by atoms with Gasteiger partial charge in [0, 0.05) is 53.6 Å². The first-order valence-corrected chi connectivity index (χ1v) is 10.8. The zero-order valence-corrected chi connectivity index (χ0v) is 18.2. The van der Waals surface area contributed by atoms with Crippen LogP contribution in [0.25, 0.3) is 32.9 Å². The average Bonchev–Trinajstić information content (AvgIpc) is 3.19. The first kappa shape index (κ1) is 21.0. The quantitative estimate of drug-likeness (QED) is 0.421. The number of nitrogen functional groups attached to an aromatic ring is 1. The Balaban J connectivity index is 1.69. The molecule has 168 valence electrons. The number of carbonyl (C=O) groups is 2. The van der Waals surface area contributed by atoms with Gasteiger partial charge in [-0.15, -0.1) is 0 Å². The van der Waals surface area contributed by atoms with Crippen molar-refractivity contribution in [2.24, 2.45) is 5.73 Å². The molecule has 0 unspecified atom stereocenters. The van der Waals surface area contributed by atoms with E-state index in [1.165, 1.54) is 6.07 Å². The molecule has 0 bridgehead atoms. The second kappa shape index (κ2) is 7.90. The summed E-state index contributed by atoms with van der Waals surface area (Å²) in [5, 5.41) is 1.42. The number of carbonyl (C=O) groups excluding carboxylic acids is 2. The fourth-order valence-corrected chi connectivity index (χ4v) is 4.53. The Hall–Kier alpha value is -3.91. The van der Waals surface area contributed by atoms with Crippen LogP contribution in [0.5, 0.6) is 0 Å². The highest BCUT2D eigenvalue weighted by atomic mass is 19.1.